The van der Waals surface area contributed by atoms with Gasteiger partial charge in [-0.25, -0.2) is 4.79 Å². The topological polar surface area (TPSA) is 67.6 Å². The Morgan fingerprint density at radius 2 is 2.10 bits per heavy atom. The summed E-state index contributed by atoms with van der Waals surface area (Å²) >= 11 is 1.79. The summed E-state index contributed by atoms with van der Waals surface area (Å²) in [6.45, 7) is 4.24. The van der Waals surface area contributed by atoms with Crippen molar-refractivity contribution >= 4 is 17.3 Å². The molecule has 160 valence electrons. The molecule has 2 aromatic heterocycles. The number of hydrogen-bond acceptors (Lipinski definition) is 5. The number of hydrogen-bond donors (Lipinski definition) is 1. The number of alkyl halides is 3. The number of carboxylic acid groups (broad SMARTS) is 1. The lowest BCUT2D eigenvalue weighted by molar-refractivity contribution is -0.192. The van der Waals surface area contributed by atoms with Gasteiger partial charge in [0.15, 0.2) is 0 Å². The molecule has 4 heterocycles. The highest BCUT2D eigenvalue weighted by Crippen LogP contribution is 2.42. The number of halogens is 3. The lowest BCUT2D eigenvalue weighted by Gasteiger charge is -2.38. The van der Waals surface area contributed by atoms with E-state index in [0.29, 0.717) is 5.92 Å². The van der Waals surface area contributed by atoms with Crippen molar-refractivity contribution in [2.24, 2.45) is 7.05 Å². The van der Waals surface area contributed by atoms with Gasteiger partial charge in [-0.05, 0) is 47.2 Å². The van der Waals surface area contributed by atoms with Crippen LogP contribution in [0.2, 0.25) is 0 Å². The van der Waals surface area contributed by atoms with E-state index < -0.39 is 12.1 Å². The number of thiophene rings is 1. The molecule has 1 spiro atoms. The second kappa shape index (κ2) is 8.85. The van der Waals surface area contributed by atoms with Gasteiger partial charge in [-0.15, -0.1) is 0 Å². The van der Waals surface area contributed by atoms with Crippen LogP contribution in [0.25, 0.3) is 0 Å². The van der Waals surface area contributed by atoms with Crippen LogP contribution >= 0.6 is 11.3 Å². The van der Waals surface area contributed by atoms with Crippen LogP contribution in [0.3, 0.4) is 0 Å². The molecule has 1 unspecified atom stereocenters. The molecular weight excluding hydrogens is 407 g/mol. The molecule has 10 heteroatoms. The van der Waals surface area contributed by atoms with Gasteiger partial charge in [0.2, 0.25) is 0 Å². The molecule has 0 aliphatic carbocycles. The summed E-state index contributed by atoms with van der Waals surface area (Å²) in [6.07, 6.45) is 2.53. The number of ether oxygens (including phenoxy) is 1. The number of piperidine rings is 1. The van der Waals surface area contributed by atoms with Crippen LogP contribution in [0, 0.1) is 0 Å². The number of aromatic nitrogens is 2. The van der Waals surface area contributed by atoms with Crippen LogP contribution in [0.15, 0.2) is 29.2 Å². The predicted molar refractivity (Wildman–Crippen MR) is 102 cm³/mol. The number of likely N-dealkylation sites (tertiary alicyclic amines) is 1. The first-order valence-corrected chi connectivity index (χ1v) is 10.3. The molecule has 29 heavy (non-hydrogen) atoms. The quantitative estimate of drug-likeness (QED) is 0.804. The van der Waals surface area contributed by atoms with Crippen molar-refractivity contribution in [1.82, 2.24) is 14.7 Å². The average Bonchev–Trinajstić information content (AvgIpc) is 3.39. The van der Waals surface area contributed by atoms with Crippen LogP contribution < -0.4 is 0 Å². The van der Waals surface area contributed by atoms with Crippen molar-refractivity contribution in [3.63, 3.8) is 0 Å². The SMILES string of the molecule is Cn1cc(C2COC3(CCN(Cc4ccsc4)CC3)C2)cn1.O=C(O)C(F)(F)F. The van der Waals surface area contributed by atoms with Gasteiger partial charge in [0.1, 0.15) is 0 Å². The zero-order chi connectivity index (χ0) is 21.1. The minimum atomic E-state index is -5.08. The second-order valence-corrected chi connectivity index (χ2v) is 8.33. The van der Waals surface area contributed by atoms with Crippen molar-refractivity contribution in [3.05, 3.63) is 40.3 Å². The van der Waals surface area contributed by atoms with E-state index in [1.165, 1.54) is 11.1 Å². The molecule has 2 aliphatic heterocycles. The summed E-state index contributed by atoms with van der Waals surface area (Å²) < 4.78 is 39.9. The van der Waals surface area contributed by atoms with Gasteiger partial charge in [0.05, 0.1) is 18.4 Å². The predicted octanol–water partition coefficient (Wildman–Crippen LogP) is 3.65. The van der Waals surface area contributed by atoms with Crippen molar-refractivity contribution in [3.8, 4) is 0 Å². The first-order valence-electron chi connectivity index (χ1n) is 9.33. The third kappa shape index (κ3) is 5.80. The third-order valence-electron chi connectivity index (χ3n) is 5.40. The van der Waals surface area contributed by atoms with Crippen LogP contribution in [-0.4, -0.2) is 57.2 Å². The molecule has 2 aliphatic rings. The van der Waals surface area contributed by atoms with E-state index in [1.807, 2.05) is 17.9 Å². The highest BCUT2D eigenvalue weighted by Gasteiger charge is 2.43. The van der Waals surface area contributed by atoms with E-state index in [-0.39, 0.29) is 5.60 Å². The van der Waals surface area contributed by atoms with Gasteiger partial charge >= 0.3 is 12.1 Å². The fourth-order valence-electron chi connectivity index (χ4n) is 3.82. The molecule has 1 atom stereocenters. The molecule has 0 saturated carbocycles. The Kier molecular flexibility index (Phi) is 6.65. The van der Waals surface area contributed by atoms with Crippen LogP contribution in [0.4, 0.5) is 13.2 Å². The standard InChI is InChI=1S/C17H23N3OS.C2HF3O2/c1-19-11-16(9-18-19)15-8-17(21-12-15)3-5-20(6-4-17)10-14-2-7-22-13-14;3-2(4,5)1(6)7/h2,7,9,11,13,15H,3-6,8,10,12H2,1H3;(H,6,7). The molecular formula is C19H24F3N3O3S. The summed E-state index contributed by atoms with van der Waals surface area (Å²) in [4.78, 5) is 11.5. The molecule has 0 bridgehead atoms. The normalized spacial score (nSPS) is 21.7. The molecule has 6 nitrogen and oxygen atoms in total. The van der Waals surface area contributed by atoms with E-state index in [0.717, 1.165) is 45.5 Å². The van der Waals surface area contributed by atoms with Crippen LogP contribution in [-0.2, 0) is 23.1 Å². The summed E-state index contributed by atoms with van der Waals surface area (Å²) in [5, 5.41) is 15.9. The first-order chi connectivity index (χ1) is 13.7. The Morgan fingerprint density at radius 1 is 1.41 bits per heavy atom. The maximum absolute atomic E-state index is 10.6. The van der Waals surface area contributed by atoms with Crippen molar-refractivity contribution in [2.45, 2.75) is 43.5 Å². The average molecular weight is 431 g/mol. The minimum Gasteiger partial charge on any atom is -0.475 e. The fourth-order valence-corrected chi connectivity index (χ4v) is 4.48. The number of aliphatic carboxylic acids is 1. The third-order valence-corrected chi connectivity index (χ3v) is 6.13. The molecule has 2 aromatic rings. The van der Waals surface area contributed by atoms with Gasteiger partial charge in [-0.2, -0.15) is 29.6 Å². The molecule has 0 radical (unpaired) electrons. The largest absolute Gasteiger partial charge is 0.490 e. The summed E-state index contributed by atoms with van der Waals surface area (Å²) in [5.41, 5.74) is 2.90. The lowest BCUT2D eigenvalue weighted by atomic mass is 9.84. The van der Waals surface area contributed by atoms with E-state index in [4.69, 9.17) is 14.6 Å². The first kappa shape index (κ1) is 21.8. The minimum absolute atomic E-state index is 0.117. The van der Waals surface area contributed by atoms with E-state index in [2.05, 4.69) is 33.0 Å². The maximum Gasteiger partial charge on any atom is 0.490 e. The highest BCUT2D eigenvalue weighted by atomic mass is 32.1. The van der Waals surface area contributed by atoms with Crippen LogP contribution in [0.1, 0.15) is 36.3 Å². The summed E-state index contributed by atoms with van der Waals surface area (Å²) in [7, 11) is 1.98. The summed E-state index contributed by atoms with van der Waals surface area (Å²) in [5.74, 6) is -2.23. The lowest BCUT2D eigenvalue weighted by Crippen LogP contribution is -2.43. The number of carbonyl (C=O) groups is 1. The Morgan fingerprint density at radius 3 is 2.62 bits per heavy atom. The van der Waals surface area contributed by atoms with Crippen molar-refractivity contribution in [1.29, 1.82) is 0 Å². The Bertz CT molecular complexity index is 799. The van der Waals surface area contributed by atoms with E-state index >= 15 is 0 Å². The fraction of sp³-hybridized carbons (Fsp3) is 0.579. The van der Waals surface area contributed by atoms with Crippen LogP contribution in [0.5, 0.6) is 0 Å². The molecule has 0 amide bonds. The van der Waals surface area contributed by atoms with Gasteiger partial charge in [0.25, 0.3) is 0 Å². The molecule has 2 fully saturated rings. The Balaban J connectivity index is 0.000000298. The number of carboxylic acids is 1. The number of nitrogens with zero attached hydrogens (tertiary/aromatic N) is 3. The van der Waals surface area contributed by atoms with E-state index in [1.54, 1.807) is 11.3 Å². The monoisotopic (exact) mass is 431 g/mol. The number of rotatable bonds is 3. The van der Waals surface area contributed by atoms with Gasteiger partial charge in [0, 0.05) is 38.8 Å². The van der Waals surface area contributed by atoms with Gasteiger partial charge in [-0.3, -0.25) is 9.58 Å². The maximum atomic E-state index is 10.6. The Labute approximate surface area is 170 Å². The molecule has 2 saturated heterocycles. The van der Waals surface area contributed by atoms with Crippen molar-refractivity contribution in [2.75, 3.05) is 19.7 Å². The Hall–Kier alpha value is -1.91. The zero-order valence-corrected chi connectivity index (χ0v) is 16.9. The summed E-state index contributed by atoms with van der Waals surface area (Å²) in [6, 6.07) is 2.24. The zero-order valence-electron chi connectivity index (χ0n) is 16.1. The highest BCUT2D eigenvalue weighted by molar-refractivity contribution is 7.07. The van der Waals surface area contributed by atoms with Gasteiger partial charge in [-0.1, -0.05) is 0 Å². The molecule has 1 N–H and O–H groups in total. The van der Waals surface area contributed by atoms with Crippen molar-refractivity contribution < 1.29 is 27.8 Å². The molecule has 4 rings (SSSR count). The second-order valence-electron chi connectivity index (χ2n) is 7.55. The number of aryl methyl sites for hydroxylation is 1. The van der Waals surface area contributed by atoms with E-state index in [9.17, 15) is 13.2 Å². The smallest absolute Gasteiger partial charge is 0.475 e. The molecule has 0 aromatic carbocycles. The van der Waals surface area contributed by atoms with Gasteiger partial charge < -0.3 is 9.84 Å².